The van der Waals surface area contributed by atoms with Gasteiger partial charge >= 0.3 is 12.1 Å². The Kier molecular flexibility index (Phi) is 9.21. The lowest BCUT2D eigenvalue weighted by Gasteiger charge is -2.10. The monoisotopic (exact) mass is 544 g/mol. The molecule has 36 heavy (non-hydrogen) atoms. The molecular formula is C23H21ClF4N4O3S. The fourth-order valence-corrected chi connectivity index (χ4v) is 4.17. The summed E-state index contributed by atoms with van der Waals surface area (Å²) in [6.45, 7) is 0.569. The molecular weight excluding hydrogens is 524 g/mol. The largest absolute Gasteiger partial charge is 0.481 e. The number of unbranched alkanes of at least 4 members (excludes halogenated alkanes) is 3. The Labute approximate surface area is 212 Å². The van der Waals surface area contributed by atoms with Crippen molar-refractivity contribution in [1.29, 1.82) is 0 Å². The predicted octanol–water partition coefficient (Wildman–Crippen LogP) is 6.72. The van der Waals surface area contributed by atoms with Crippen LogP contribution in [0.3, 0.4) is 0 Å². The maximum absolute atomic E-state index is 14.4. The molecule has 0 saturated heterocycles. The van der Waals surface area contributed by atoms with E-state index in [-0.39, 0.29) is 33.4 Å². The van der Waals surface area contributed by atoms with E-state index in [9.17, 15) is 27.2 Å². The molecule has 0 aliphatic rings. The molecule has 1 aromatic carbocycles. The van der Waals surface area contributed by atoms with Crippen LogP contribution < -0.4 is 10.6 Å². The van der Waals surface area contributed by atoms with Gasteiger partial charge in [0.15, 0.2) is 5.13 Å². The molecule has 13 heteroatoms. The minimum Gasteiger partial charge on any atom is -0.481 e. The fourth-order valence-electron chi connectivity index (χ4n) is 3.23. The molecule has 0 bridgehead atoms. The molecule has 1 amide bonds. The van der Waals surface area contributed by atoms with Gasteiger partial charge in [0, 0.05) is 30.1 Å². The summed E-state index contributed by atoms with van der Waals surface area (Å²) in [5, 5.41) is 15.8. The fraction of sp³-hybridized carbons (Fsp3) is 0.304. The van der Waals surface area contributed by atoms with Crippen LogP contribution in [0.25, 0.3) is 11.3 Å². The number of aromatic nitrogens is 2. The summed E-state index contributed by atoms with van der Waals surface area (Å²) in [7, 11) is 0. The van der Waals surface area contributed by atoms with Gasteiger partial charge in [-0.25, -0.2) is 14.4 Å². The Bertz CT molecular complexity index is 1240. The first kappa shape index (κ1) is 27.3. The molecule has 0 radical (unpaired) electrons. The van der Waals surface area contributed by atoms with Gasteiger partial charge in [0.1, 0.15) is 11.6 Å². The van der Waals surface area contributed by atoms with Gasteiger partial charge in [-0.15, -0.1) is 11.3 Å². The number of hydrogen-bond acceptors (Lipinski definition) is 6. The van der Waals surface area contributed by atoms with E-state index in [4.69, 9.17) is 16.7 Å². The van der Waals surface area contributed by atoms with Crippen molar-refractivity contribution >= 4 is 45.8 Å². The van der Waals surface area contributed by atoms with Crippen LogP contribution in [0.2, 0.25) is 5.02 Å². The van der Waals surface area contributed by atoms with Crippen LogP contribution >= 0.6 is 22.9 Å². The van der Waals surface area contributed by atoms with E-state index in [2.05, 4.69) is 20.6 Å². The number of thiazole rings is 1. The highest BCUT2D eigenvalue weighted by Gasteiger charge is 2.35. The first-order valence-corrected chi connectivity index (χ1v) is 12.1. The number of hydrogen-bond donors (Lipinski definition) is 3. The highest BCUT2D eigenvalue weighted by molar-refractivity contribution is 7.14. The number of carboxylic acids is 1. The van der Waals surface area contributed by atoms with Crippen LogP contribution in [-0.2, 0) is 11.0 Å². The normalized spacial score (nSPS) is 11.4. The van der Waals surface area contributed by atoms with Gasteiger partial charge in [0.2, 0.25) is 0 Å². The maximum atomic E-state index is 14.4. The molecule has 0 unspecified atom stereocenters. The molecule has 0 aliphatic carbocycles. The van der Waals surface area contributed by atoms with Crippen molar-refractivity contribution in [2.45, 2.75) is 38.3 Å². The van der Waals surface area contributed by atoms with Gasteiger partial charge in [-0.2, -0.15) is 13.2 Å². The molecule has 3 aromatic rings. The number of pyridine rings is 1. The summed E-state index contributed by atoms with van der Waals surface area (Å²) in [5.41, 5.74) is -1.64. The van der Waals surface area contributed by atoms with Crippen molar-refractivity contribution in [2.24, 2.45) is 0 Å². The average Bonchev–Trinajstić information content (AvgIpc) is 3.26. The van der Waals surface area contributed by atoms with Crippen molar-refractivity contribution in [3.05, 3.63) is 57.8 Å². The van der Waals surface area contributed by atoms with E-state index in [1.807, 2.05) is 0 Å². The second kappa shape index (κ2) is 12.1. The lowest BCUT2D eigenvalue weighted by molar-refractivity contribution is -0.140. The first-order chi connectivity index (χ1) is 17.1. The molecule has 0 saturated carbocycles. The molecule has 0 spiro atoms. The van der Waals surface area contributed by atoms with Gasteiger partial charge < -0.3 is 10.4 Å². The highest BCUT2D eigenvalue weighted by atomic mass is 35.5. The number of nitrogens with one attached hydrogen (secondary N) is 2. The third-order valence-electron chi connectivity index (χ3n) is 5.02. The first-order valence-electron chi connectivity index (χ1n) is 10.8. The minimum absolute atomic E-state index is 0.0439. The number of amides is 1. The molecule has 3 N–H and O–H groups in total. The van der Waals surface area contributed by atoms with Gasteiger partial charge in [-0.1, -0.05) is 30.5 Å². The van der Waals surface area contributed by atoms with E-state index in [1.54, 1.807) is 0 Å². The Hall–Kier alpha value is -3.25. The van der Waals surface area contributed by atoms with E-state index in [0.29, 0.717) is 24.8 Å². The topological polar surface area (TPSA) is 104 Å². The average molecular weight is 545 g/mol. The Morgan fingerprint density at radius 2 is 1.89 bits per heavy atom. The summed E-state index contributed by atoms with van der Waals surface area (Å²) in [5.74, 6) is -2.46. The van der Waals surface area contributed by atoms with Crippen LogP contribution in [0.4, 0.5) is 28.5 Å². The van der Waals surface area contributed by atoms with Crippen molar-refractivity contribution in [1.82, 2.24) is 9.97 Å². The summed E-state index contributed by atoms with van der Waals surface area (Å²) in [4.78, 5) is 31.2. The molecule has 2 heterocycles. The predicted molar refractivity (Wildman–Crippen MR) is 129 cm³/mol. The number of carbonyl (C=O) groups is 2. The standard InChI is InChI=1S/C23H21ClF4N4O3S/c24-16-10-13(11-30-20(16)29-9-4-2-1-3-8-18(33)34)21(35)32-22-31-17(12-36-22)14-6-5-7-15(19(14)25)23(26,27)28/h5-7,10-12H,1-4,8-9H2,(H,29,30)(H,33,34)(H,31,32,35). The van der Waals surface area contributed by atoms with Crippen LogP contribution in [0.1, 0.15) is 48.0 Å². The summed E-state index contributed by atoms with van der Waals surface area (Å²) < 4.78 is 53.3. The van der Waals surface area contributed by atoms with Crippen LogP contribution in [0.5, 0.6) is 0 Å². The van der Waals surface area contributed by atoms with E-state index in [0.717, 1.165) is 36.7 Å². The molecule has 0 atom stereocenters. The van der Waals surface area contributed by atoms with Crippen LogP contribution in [0.15, 0.2) is 35.8 Å². The van der Waals surface area contributed by atoms with Crippen molar-refractivity contribution in [2.75, 3.05) is 17.2 Å². The smallest absolute Gasteiger partial charge is 0.419 e. The van der Waals surface area contributed by atoms with E-state index in [1.165, 1.54) is 23.7 Å². The molecule has 2 aromatic heterocycles. The Morgan fingerprint density at radius 1 is 1.14 bits per heavy atom. The summed E-state index contributed by atoms with van der Waals surface area (Å²) in [6, 6.07) is 4.31. The number of carboxylic acid groups (broad SMARTS) is 1. The Morgan fingerprint density at radius 3 is 2.58 bits per heavy atom. The number of carbonyl (C=O) groups excluding carboxylic acids is 1. The van der Waals surface area contributed by atoms with E-state index >= 15 is 0 Å². The number of nitrogens with zero attached hydrogens (tertiary/aromatic N) is 2. The van der Waals surface area contributed by atoms with Gasteiger partial charge in [-0.3, -0.25) is 14.9 Å². The highest BCUT2D eigenvalue weighted by Crippen LogP contribution is 2.36. The van der Waals surface area contributed by atoms with Crippen molar-refractivity contribution in [3.63, 3.8) is 0 Å². The van der Waals surface area contributed by atoms with Gasteiger partial charge in [-0.05, 0) is 31.0 Å². The third kappa shape index (κ3) is 7.37. The summed E-state index contributed by atoms with van der Waals surface area (Å²) in [6.07, 6.45) is -0.341. The maximum Gasteiger partial charge on any atom is 0.419 e. The number of aliphatic carboxylic acids is 1. The quantitative estimate of drug-likeness (QED) is 0.183. The third-order valence-corrected chi connectivity index (χ3v) is 6.06. The second-order valence-electron chi connectivity index (χ2n) is 7.70. The lowest BCUT2D eigenvalue weighted by atomic mass is 10.1. The van der Waals surface area contributed by atoms with Crippen molar-refractivity contribution in [3.8, 4) is 11.3 Å². The zero-order valence-corrected chi connectivity index (χ0v) is 20.2. The SMILES string of the molecule is O=C(O)CCCCCCNc1ncc(C(=O)Nc2nc(-c3cccc(C(F)(F)F)c3F)cs2)cc1Cl. The minimum atomic E-state index is -4.84. The van der Waals surface area contributed by atoms with E-state index < -0.39 is 29.4 Å². The number of anilines is 2. The summed E-state index contributed by atoms with van der Waals surface area (Å²) >= 11 is 7.14. The van der Waals surface area contributed by atoms with Gasteiger partial charge in [0.25, 0.3) is 5.91 Å². The van der Waals surface area contributed by atoms with Crippen LogP contribution in [-0.4, -0.2) is 33.5 Å². The van der Waals surface area contributed by atoms with Gasteiger partial charge in [0.05, 0.1) is 21.8 Å². The molecule has 0 aliphatic heterocycles. The number of benzene rings is 1. The lowest BCUT2D eigenvalue weighted by Crippen LogP contribution is -2.13. The Balaban J connectivity index is 1.57. The number of halogens is 5. The zero-order chi connectivity index (χ0) is 26.3. The molecule has 0 fully saturated rings. The molecule has 3 rings (SSSR count). The molecule has 192 valence electrons. The number of alkyl halides is 3. The molecule has 7 nitrogen and oxygen atoms in total. The van der Waals surface area contributed by atoms with Crippen LogP contribution in [0, 0.1) is 5.82 Å². The van der Waals surface area contributed by atoms with Crippen molar-refractivity contribution < 1.29 is 32.3 Å². The zero-order valence-electron chi connectivity index (χ0n) is 18.7. The number of rotatable bonds is 11. The second-order valence-corrected chi connectivity index (χ2v) is 8.96.